The molecule has 0 aliphatic rings. The summed E-state index contributed by atoms with van der Waals surface area (Å²) < 4.78 is 21.0. The highest BCUT2D eigenvalue weighted by atomic mass is 32.2. The zero-order chi connectivity index (χ0) is 12.9. The van der Waals surface area contributed by atoms with Crippen molar-refractivity contribution in [3.63, 3.8) is 0 Å². The molecule has 0 radical (unpaired) electrons. The lowest BCUT2D eigenvalue weighted by Crippen LogP contribution is -2.10. The van der Waals surface area contributed by atoms with Crippen molar-refractivity contribution >= 4 is 27.0 Å². The number of nitrogen functional groups attached to an aromatic ring is 1. The highest BCUT2D eigenvalue weighted by molar-refractivity contribution is 7.89. The predicted octanol–water partition coefficient (Wildman–Crippen LogP) is 1.37. The zero-order valence-corrected chi connectivity index (χ0v) is 10.4. The van der Waals surface area contributed by atoms with Gasteiger partial charge in [0.1, 0.15) is 5.75 Å². The van der Waals surface area contributed by atoms with Gasteiger partial charge in [-0.2, -0.15) is 11.3 Å². The summed E-state index contributed by atoms with van der Waals surface area (Å²) in [5, 5.41) is 16.7. The maximum Gasteiger partial charge on any atom is 0.238 e. The molecular formula is C10H12N2O3S2. The summed E-state index contributed by atoms with van der Waals surface area (Å²) in [5.41, 5.74) is 5.89. The second-order valence-corrected chi connectivity index (χ2v) is 5.44. The van der Waals surface area contributed by atoms with Crippen molar-refractivity contribution in [3.8, 4) is 5.75 Å². The summed E-state index contributed by atoms with van der Waals surface area (Å²) in [6, 6.07) is 7.97. The predicted molar refractivity (Wildman–Crippen MR) is 68.2 cm³/mol. The van der Waals surface area contributed by atoms with E-state index in [0.717, 1.165) is 0 Å². The number of thiophene rings is 1. The summed E-state index contributed by atoms with van der Waals surface area (Å²) in [7, 11) is -3.45. The van der Waals surface area contributed by atoms with Gasteiger partial charge in [0.2, 0.25) is 10.0 Å². The monoisotopic (exact) mass is 272 g/mol. The molecular weight excluding hydrogens is 260 g/mol. The number of anilines is 1. The fourth-order valence-corrected chi connectivity index (χ4v) is 2.50. The molecule has 1 aromatic heterocycles. The van der Waals surface area contributed by atoms with Crippen molar-refractivity contribution in [1.29, 1.82) is 0 Å². The molecule has 7 heteroatoms. The quantitative estimate of drug-likeness (QED) is 0.681. The number of hydrogen-bond acceptors (Lipinski definition) is 5. The van der Waals surface area contributed by atoms with Crippen LogP contribution in [0.25, 0.3) is 0 Å². The van der Waals surface area contributed by atoms with Crippen molar-refractivity contribution < 1.29 is 13.5 Å². The molecule has 0 unspecified atom stereocenters. The Labute approximate surface area is 103 Å². The third-order valence-electron chi connectivity index (χ3n) is 1.69. The molecule has 0 atom stereocenters. The van der Waals surface area contributed by atoms with E-state index >= 15 is 0 Å². The second kappa shape index (κ2) is 5.67. The van der Waals surface area contributed by atoms with Crippen molar-refractivity contribution in [2.75, 3.05) is 5.73 Å². The smallest absolute Gasteiger partial charge is 0.238 e. The van der Waals surface area contributed by atoms with Gasteiger partial charge in [-0.1, -0.05) is 6.07 Å². The van der Waals surface area contributed by atoms with Gasteiger partial charge in [-0.05, 0) is 23.6 Å². The molecule has 92 valence electrons. The molecule has 17 heavy (non-hydrogen) atoms. The van der Waals surface area contributed by atoms with Gasteiger partial charge in [0, 0.05) is 17.1 Å². The van der Waals surface area contributed by atoms with Crippen LogP contribution in [0.5, 0.6) is 5.75 Å². The van der Waals surface area contributed by atoms with Crippen LogP contribution in [0.2, 0.25) is 0 Å². The molecule has 1 aromatic carbocycles. The molecule has 0 spiro atoms. The number of primary sulfonamides is 1. The van der Waals surface area contributed by atoms with E-state index < -0.39 is 10.0 Å². The normalized spacial score (nSPS) is 10.4. The first-order valence-electron chi connectivity index (χ1n) is 4.49. The van der Waals surface area contributed by atoms with E-state index in [1.165, 1.54) is 28.8 Å². The first-order chi connectivity index (χ1) is 7.89. The van der Waals surface area contributed by atoms with Crippen LogP contribution in [0.15, 0.2) is 46.0 Å². The summed E-state index contributed by atoms with van der Waals surface area (Å²) in [4.78, 5) is 0.188. The lowest BCUT2D eigenvalue weighted by Gasteiger charge is -1.90. The molecule has 0 saturated carbocycles. The number of phenolic OH excluding ortho intramolecular Hbond substituents is 1. The molecule has 2 aromatic rings. The van der Waals surface area contributed by atoms with Gasteiger partial charge in [0.15, 0.2) is 0 Å². The van der Waals surface area contributed by atoms with Crippen LogP contribution in [-0.4, -0.2) is 13.5 Å². The highest BCUT2D eigenvalue weighted by Gasteiger charge is 2.05. The number of sulfonamides is 1. The number of rotatable bonds is 1. The van der Waals surface area contributed by atoms with Gasteiger partial charge in [-0.3, -0.25) is 0 Å². The lowest BCUT2D eigenvalue weighted by molar-refractivity contribution is 0.475. The Bertz CT molecular complexity index is 548. The van der Waals surface area contributed by atoms with Crippen LogP contribution in [0, 0.1) is 0 Å². The van der Waals surface area contributed by atoms with Gasteiger partial charge >= 0.3 is 0 Å². The Morgan fingerprint density at radius 1 is 1.24 bits per heavy atom. The number of aromatic hydroxyl groups is 1. The van der Waals surface area contributed by atoms with Gasteiger partial charge in [0.05, 0.1) is 4.90 Å². The topological polar surface area (TPSA) is 106 Å². The minimum absolute atomic E-state index is 0.188. The molecule has 0 amide bonds. The maximum atomic E-state index is 10.5. The third kappa shape index (κ3) is 4.85. The molecule has 0 bridgehead atoms. The fraction of sp³-hybridized carbons (Fsp3) is 0. The molecule has 1 heterocycles. The molecule has 0 fully saturated rings. The van der Waals surface area contributed by atoms with Crippen molar-refractivity contribution in [2.45, 2.75) is 4.90 Å². The molecule has 0 aliphatic heterocycles. The summed E-state index contributed by atoms with van der Waals surface area (Å²) in [6.45, 7) is 0. The van der Waals surface area contributed by atoms with Gasteiger partial charge in [0.25, 0.3) is 0 Å². The van der Waals surface area contributed by atoms with Crippen LogP contribution in [0.3, 0.4) is 0 Å². The largest absolute Gasteiger partial charge is 0.508 e. The average Bonchev–Trinajstić information content (AvgIpc) is 2.69. The number of phenols is 1. The second-order valence-electron chi connectivity index (χ2n) is 3.10. The van der Waals surface area contributed by atoms with Crippen LogP contribution in [0.1, 0.15) is 0 Å². The highest BCUT2D eigenvalue weighted by Crippen LogP contribution is 2.11. The Balaban J connectivity index is 0.000000171. The fourth-order valence-electron chi connectivity index (χ4n) is 0.939. The summed E-state index contributed by atoms with van der Waals surface area (Å²) in [5.74, 6) is 0.213. The van der Waals surface area contributed by atoms with E-state index in [9.17, 15) is 8.42 Å². The lowest BCUT2D eigenvalue weighted by atomic mass is 10.3. The van der Waals surface area contributed by atoms with Crippen LogP contribution >= 0.6 is 11.3 Å². The Hall–Kier alpha value is -1.57. The number of benzene rings is 1. The first-order valence-corrected chi connectivity index (χ1v) is 6.98. The SMILES string of the molecule is NS(=O)(=O)c1ccsc1.Nc1cccc(O)c1. The molecule has 5 N–H and O–H groups in total. The molecule has 2 rings (SSSR count). The van der Waals surface area contributed by atoms with E-state index in [-0.39, 0.29) is 10.6 Å². The van der Waals surface area contributed by atoms with Gasteiger partial charge in [-0.25, -0.2) is 13.6 Å². The zero-order valence-electron chi connectivity index (χ0n) is 8.78. The number of nitrogens with two attached hydrogens (primary N) is 2. The molecule has 5 nitrogen and oxygen atoms in total. The van der Waals surface area contributed by atoms with E-state index in [0.29, 0.717) is 5.69 Å². The van der Waals surface area contributed by atoms with E-state index in [2.05, 4.69) is 0 Å². The van der Waals surface area contributed by atoms with E-state index in [4.69, 9.17) is 16.0 Å². The van der Waals surface area contributed by atoms with Crippen molar-refractivity contribution in [2.24, 2.45) is 5.14 Å². The van der Waals surface area contributed by atoms with Crippen molar-refractivity contribution in [3.05, 3.63) is 41.1 Å². The number of hydrogen-bond donors (Lipinski definition) is 3. The minimum atomic E-state index is -3.45. The summed E-state index contributed by atoms with van der Waals surface area (Å²) >= 11 is 1.31. The molecule has 0 aliphatic carbocycles. The first kappa shape index (κ1) is 13.5. The minimum Gasteiger partial charge on any atom is -0.508 e. The van der Waals surface area contributed by atoms with Crippen LogP contribution in [0.4, 0.5) is 5.69 Å². The van der Waals surface area contributed by atoms with E-state index in [1.807, 2.05) is 0 Å². The van der Waals surface area contributed by atoms with Gasteiger partial charge < -0.3 is 10.8 Å². The Kier molecular flexibility index (Phi) is 4.50. The standard InChI is InChI=1S/C6H7NO.C4H5NO2S2/c7-5-2-1-3-6(8)4-5;5-9(6,7)4-1-2-8-3-4/h1-4,8H,7H2;1-3H,(H2,5,6,7). The maximum absolute atomic E-state index is 10.5. The van der Waals surface area contributed by atoms with E-state index in [1.54, 1.807) is 23.6 Å². The average molecular weight is 272 g/mol. The Morgan fingerprint density at radius 2 is 1.94 bits per heavy atom. The van der Waals surface area contributed by atoms with Crippen LogP contribution in [-0.2, 0) is 10.0 Å². The van der Waals surface area contributed by atoms with Gasteiger partial charge in [-0.15, -0.1) is 0 Å². The third-order valence-corrected chi connectivity index (χ3v) is 3.44. The van der Waals surface area contributed by atoms with Crippen molar-refractivity contribution in [1.82, 2.24) is 0 Å². The summed E-state index contributed by atoms with van der Waals surface area (Å²) in [6.07, 6.45) is 0. The van der Waals surface area contributed by atoms with Crippen LogP contribution < -0.4 is 10.9 Å². The molecule has 0 saturated heterocycles. The Morgan fingerprint density at radius 3 is 2.24 bits per heavy atom.